The van der Waals surface area contributed by atoms with Gasteiger partial charge in [-0.25, -0.2) is 4.39 Å². The van der Waals surface area contributed by atoms with Crippen LogP contribution in [-0.2, 0) is 6.42 Å². The van der Waals surface area contributed by atoms with Gasteiger partial charge in [0.15, 0.2) is 11.6 Å². The van der Waals surface area contributed by atoms with E-state index in [1.807, 2.05) is 6.07 Å². The van der Waals surface area contributed by atoms with Crippen molar-refractivity contribution in [3.8, 4) is 5.75 Å². The van der Waals surface area contributed by atoms with Crippen LogP contribution in [0.1, 0.15) is 38.2 Å². The minimum Gasteiger partial charge on any atom is -0.494 e. The molecule has 0 aliphatic heterocycles. The largest absolute Gasteiger partial charge is 0.494 e. The lowest BCUT2D eigenvalue weighted by Crippen LogP contribution is -2.40. The minimum atomic E-state index is -0.239. The lowest BCUT2D eigenvalue weighted by molar-refractivity contribution is 0.157. The van der Waals surface area contributed by atoms with Crippen molar-refractivity contribution in [3.63, 3.8) is 0 Å². The van der Waals surface area contributed by atoms with E-state index in [9.17, 15) is 4.39 Å². The smallest absolute Gasteiger partial charge is 0.165 e. The Kier molecular flexibility index (Phi) is 4.21. The van der Waals surface area contributed by atoms with Crippen LogP contribution in [0.4, 0.5) is 4.39 Å². The van der Waals surface area contributed by atoms with Gasteiger partial charge in [-0.1, -0.05) is 19.4 Å². The third-order valence-corrected chi connectivity index (χ3v) is 5.60. The number of ether oxygens (including phenoxy) is 1. The van der Waals surface area contributed by atoms with E-state index in [1.54, 1.807) is 12.1 Å². The molecule has 0 heterocycles. The first kappa shape index (κ1) is 14.8. The molecule has 1 aromatic carbocycles. The Bertz CT molecular complexity index is 504. The Hall–Kier alpha value is -1.09. The summed E-state index contributed by atoms with van der Waals surface area (Å²) >= 11 is 0. The maximum atomic E-state index is 13.9. The summed E-state index contributed by atoms with van der Waals surface area (Å²) in [6.07, 6.45) is 6.43. The van der Waals surface area contributed by atoms with Crippen molar-refractivity contribution >= 4 is 0 Å². The Balaban J connectivity index is 1.80. The number of methoxy groups -OCH3 is 1. The van der Waals surface area contributed by atoms with Crippen LogP contribution in [0, 0.1) is 23.1 Å². The second kappa shape index (κ2) is 5.96. The van der Waals surface area contributed by atoms with Crippen LogP contribution in [0.2, 0.25) is 0 Å². The van der Waals surface area contributed by atoms with Crippen molar-refractivity contribution < 1.29 is 9.13 Å². The van der Waals surface area contributed by atoms with Gasteiger partial charge in [0, 0.05) is 6.54 Å². The average Bonchev–Trinajstić information content (AvgIpc) is 3.06. The molecule has 3 heteroatoms. The molecule has 3 unspecified atom stereocenters. The third kappa shape index (κ3) is 2.80. The molecule has 21 heavy (non-hydrogen) atoms. The van der Waals surface area contributed by atoms with E-state index in [1.165, 1.54) is 32.8 Å². The van der Waals surface area contributed by atoms with Gasteiger partial charge in [0.2, 0.25) is 0 Å². The van der Waals surface area contributed by atoms with Crippen molar-refractivity contribution in [2.24, 2.45) is 17.3 Å². The Morgan fingerprint density at radius 3 is 2.81 bits per heavy atom. The molecule has 2 saturated carbocycles. The molecular formula is C18H26FNO. The van der Waals surface area contributed by atoms with Gasteiger partial charge in [0.25, 0.3) is 0 Å². The summed E-state index contributed by atoms with van der Waals surface area (Å²) in [5, 5.41) is 3.55. The van der Waals surface area contributed by atoms with Crippen molar-refractivity contribution in [2.45, 2.75) is 39.0 Å². The fraction of sp³-hybridized carbons (Fsp3) is 0.667. The number of benzene rings is 1. The van der Waals surface area contributed by atoms with Crippen LogP contribution >= 0.6 is 0 Å². The molecule has 2 bridgehead atoms. The Morgan fingerprint density at radius 2 is 2.24 bits per heavy atom. The summed E-state index contributed by atoms with van der Waals surface area (Å²) in [5.74, 6) is 1.81. The zero-order chi connectivity index (χ0) is 14.9. The second-order valence-electron chi connectivity index (χ2n) is 6.87. The number of rotatable bonds is 6. The number of hydrogen-bond acceptors (Lipinski definition) is 2. The van der Waals surface area contributed by atoms with E-state index >= 15 is 0 Å². The van der Waals surface area contributed by atoms with E-state index < -0.39 is 0 Å². The van der Waals surface area contributed by atoms with Crippen LogP contribution in [0.15, 0.2) is 18.2 Å². The molecule has 0 saturated heterocycles. The topological polar surface area (TPSA) is 21.3 Å². The normalized spacial score (nSPS) is 30.8. The van der Waals surface area contributed by atoms with Crippen molar-refractivity contribution in [3.05, 3.63) is 29.6 Å². The summed E-state index contributed by atoms with van der Waals surface area (Å²) in [6.45, 7) is 4.24. The quantitative estimate of drug-likeness (QED) is 0.861. The number of nitrogens with one attached hydrogen (secondary N) is 1. The molecule has 3 atom stereocenters. The molecule has 2 aliphatic carbocycles. The Morgan fingerprint density at radius 1 is 1.38 bits per heavy atom. The average molecular weight is 291 g/mol. The van der Waals surface area contributed by atoms with Crippen LogP contribution in [0.25, 0.3) is 0 Å². The van der Waals surface area contributed by atoms with Crippen LogP contribution in [0.3, 0.4) is 0 Å². The zero-order valence-corrected chi connectivity index (χ0v) is 13.1. The van der Waals surface area contributed by atoms with Gasteiger partial charge in [-0.05, 0) is 67.2 Å². The summed E-state index contributed by atoms with van der Waals surface area (Å²) < 4.78 is 19.0. The lowest BCUT2D eigenvalue weighted by atomic mass is 9.69. The zero-order valence-electron chi connectivity index (χ0n) is 13.1. The van der Waals surface area contributed by atoms with E-state index in [-0.39, 0.29) is 5.82 Å². The first-order valence-electron chi connectivity index (χ1n) is 8.20. The SMILES string of the molecule is CCNCC1(Cc2ccc(OC)c(F)c2)CC2CCC1C2. The molecule has 2 aliphatic rings. The highest BCUT2D eigenvalue weighted by molar-refractivity contribution is 5.30. The molecular weight excluding hydrogens is 265 g/mol. The summed E-state index contributed by atoms with van der Waals surface area (Å²) in [5.41, 5.74) is 1.44. The lowest BCUT2D eigenvalue weighted by Gasteiger charge is -2.38. The molecule has 1 aromatic rings. The molecule has 3 rings (SSSR count). The first-order chi connectivity index (χ1) is 10.2. The van der Waals surface area contributed by atoms with Crippen molar-refractivity contribution in [2.75, 3.05) is 20.2 Å². The summed E-state index contributed by atoms with van der Waals surface area (Å²) in [4.78, 5) is 0. The van der Waals surface area contributed by atoms with E-state index in [0.717, 1.165) is 36.9 Å². The van der Waals surface area contributed by atoms with Gasteiger partial charge in [0.05, 0.1) is 7.11 Å². The van der Waals surface area contributed by atoms with Crippen molar-refractivity contribution in [1.82, 2.24) is 5.32 Å². The van der Waals surface area contributed by atoms with Crippen LogP contribution in [0.5, 0.6) is 5.75 Å². The molecule has 0 radical (unpaired) electrons. The van der Waals surface area contributed by atoms with E-state index in [2.05, 4.69) is 12.2 Å². The van der Waals surface area contributed by atoms with E-state index in [4.69, 9.17) is 4.74 Å². The van der Waals surface area contributed by atoms with Gasteiger partial charge in [-0.2, -0.15) is 0 Å². The maximum Gasteiger partial charge on any atom is 0.165 e. The predicted molar refractivity (Wildman–Crippen MR) is 83.1 cm³/mol. The summed E-state index contributed by atoms with van der Waals surface area (Å²) in [6, 6.07) is 5.46. The first-order valence-corrected chi connectivity index (χ1v) is 8.20. The Labute approximate surface area is 127 Å². The molecule has 116 valence electrons. The predicted octanol–water partition coefficient (Wildman–Crippen LogP) is 3.79. The molecule has 1 N–H and O–H groups in total. The van der Waals surface area contributed by atoms with Gasteiger partial charge < -0.3 is 10.1 Å². The van der Waals surface area contributed by atoms with E-state index in [0.29, 0.717) is 11.2 Å². The molecule has 0 amide bonds. The standard InChI is InChI=1S/C18H26FNO/c1-3-20-12-18(10-13-4-6-15(18)8-13)11-14-5-7-17(21-2)16(19)9-14/h5,7,9,13,15,20H,3-4,6,8,10-12H2,1-2H3. The molecule has 2 fully saturated rings. The van der Waals surface area contributed by atoms with Crippen LogP contribution < -0.4 is 10.1 Å². The monoisotopic (exact) mass is 291 g/mol. The highest BCUT2D eigenvalue weighted by atomic mass is 19.1. The molecule has 0 aromatic heterocycles. The third-order valence-electron chi connectivity index (χ3n) is 5.60. The molecule has 0 spiro atoms. The van der Waals surface area contributed by atoms with Gasteiger partial charge in [-0.3, -0.25) is 0 Å². The van der Waals surface area contributed by atoms with Gasteiger partial charge in [0.1, 0.15) is 0 Å². The van der Waals surface area contributed by atoms with Gasteiger partial charge >= 0.3 is 0 Å². The minimum absolute atomic E-state index is 0.239. The summed E-state index contributed by atoms with van der Waals surface area (Å²) in [7, 11) is 1.51. The fourth-order valence-electron chi connectivity index (χ4n) is 4.65. The maximum absolute atomic E-state index is 13.9. The van der Waals surface area contributed by atoms with Crippen LogP contribution in [-0.4, -0.2) is 20.2 Å². The van der Waals surface area contributed by atoms with Gasteiger partial charge in [-0.15, -0.1) is 0 Å². The fourth-order valence-corrected chi connectivity index (χ4v) is 4.65. The number of hydrogen-bond donors (Lipinski definition) is 1. The molecule has 2 nitrogen and oxygen atoms in total. The number of fused-ring (bicyclic) bond motifs is 2. The second-order valence-corrected chi connectivity index (χ2v) is 6.87. The highest BCUT2D eigenvalue weighted by Gasteiger charge is 2.50. The highest BCUT2D eigenvalue weighted by Crippen LogP contribution is 2.57. The number of halogens is 1. The van der Waals surface area contributed by atoms with Crippen molar-refractivity contribution in [1.29, 1.82) is 0 Å².